The summed E-state index contributed by atoms with van der Waals surface area (Å²) in [5, 5.41) is 0.641. The minimum Gasteiger partial charge on any atom is -0.466 e. The Morgan fingerprint density at radius 1 is 1.40 bits per heavy atom. The average molecular weight is 249 g/mol. The van der Waals surface area contributed by atoms with Crippen molar-refractivity contribution < 1.29 is 14.3 Å². The van der Waals surface area contributed by atoms with Crippen molar-refractivity contribution >= 4 is 29.5 Å². The minimum absolute atomic E-state index is 0.0782. The summed E-state index contributed by atoms with van der Waals surface area (Å²) >= 11 is 11.7. The first kappa shape index (κ1) is 12.3. The molecule has 0 radical (unpaired) electrons. The molecule has 0 fully saturated rings. The van der Waals surface area contributed by atoms with Gasteiger partial charge in [-0.05, 0) is 13.0 Å². The number of carbonyl (C=O) groups excluding carboxylic acids is 1. The third-order valence-electron chi connectivity index (χ3n) is 1.66. The van der Waals surface area contributed by atoms with E-state index in [9.17, 15) is 4.79 Å². The molecule has 0 amide bonds. The van der Waals surface area contributed by atoms with Gasteiger partial charge in [-0.25, -0.2) is 0 Å². The van der Waals surface area contributed by atoms with E-state index in [2.05, 4.69) is 0 Å². The third-order valence-corrected chi connectivity index (χ3v) is 2.28. The van der Waals surface area contributed by atoms with E-state index in [1.165, 1.54) is 12.1 Å². The lowest BCUT2D eigenvalue weighted by atomic mass is 10.2. The van der Waals surface area contributed by atoms with Crippen molar-refractivity contribution in [1.82, 2.24) is 0 Å². The van der Waals surface area contributed by atoms with Gasteiger partial charge in [0.25, 0.3) is 0 Å². The molecule has 1 rings (SSSR count). The van der Waals surface area contributed by atoms with Crippen LogP contribution in [0.1, 0.15) is 17.3 Å². The normalized spacial score (nSPS) is 10.1. The van der Waals surface area contributed by atoms with Crippen LogP contribution in [0.3, 0.4) is 0 Å². The molecular weight excluding hydrogens is 239 g/mol. The van der Waals surface area contributed by atoms with E-state index in [0.717, 1.165) is 0 Å². The van der Waals surface area contributed by atoms with Gasteiger partial charge in [-0.15, -0.1) is 0 Å². The van der Waals surface area contributed by atoms with Gasteiger partial charge in [-0.2, -0.15) is 0 Å². The van der Waals surface area contributed by atoms with E-state index in [4.69, 9.17) is 32.7 Å². The Balaban J connectivity index is 2.86. The smallest absolute Gasteiger partial charge is 0.189 e. The van der Waals surface area contributed by atoms with Gasteiger partial charge in [0, 0.05) is 23.3 Å². The fourth-order valence-corrected chi connectivity index (χ4v) is 1.39. The van der Waals surface area contributed by atoms with Gasteiger partial charge in [-0.3, -0.25) is 4.79 Å². The zero-order chi connectivity index (χ0) is 11.3. The summed E-state index contributed by atoms with van der Waals surface area (Å²) in [7, 11) is 0. The van der Waals surface area contributed by atoms with Gasteiger partial charge < -0.3 is 9.47 Å². The first-order chi connectivity index (χ1) is 7.19. The summed E-state index contributed by atoms with van der Waals surface area (Å²) in [6.45, 7) is 2.47. The monoisotopic (exact) mass is 248 g/mol. The number of benzene rings is 1. The van der Waals surface area contributed by atoms with Gasteiger partial charge in [0.05, 0.1) is 5.02 Å². The van der Waals surface area contributed by atoms with E-state index in [-0.39, 0.29) is 11.8 Å². The maximum atomic E-state index is 10.6. The number of aldehydes is 1. The summed E-state index contributed by atoms with van der Waals surface area (Å²) in [6, 6.07) is 3.01. The highest BCUT2D eigenvalue weighted by Gasteiger charge is 2.09. The second kappa shape index (κ2) is 5.95. The highest BCUT2D eigenvalue weighted by Crippen LogP contribution is 2.31. The third kappa shape index (κ3) is 3.38. The van der Waals surface area contributed by atoms with Crippen molar-refractivity contribution in [1.29, 1.82) is 0 Å². The van der Waals surface area contributed by atoms with Crippen LogP contribution in [0, 0.1) is 0 Å². The Morgan fingerprint density at radius 3 is 2.73 bits per heavy atom. The molecule has 0 heterocycles. The van der Waals surface area contributed by atoms with E-state index in [1.54, 1.807) is 0 Å². The number of halogens is 2. The Kier molecular flexibility index (Phi) is 4.88. The zero-order valence-electron chi connectivity index (χ0n) is 8.13. The van der Waals surface area contributed by atoms with Crippen molar-refractivity contribution in [3.05, 3.63) is 27.7 Å². The molecule has 0 aliphatic heterocycles. The number of hydrogen-bond acceptors (Lipinski definition) is 3. The van der Waals surface area contributed by atoms with E-state index < -0.39 is 0 Å². The molecule has 0 spiro atoms. The largest absolute Gasteiger partial charge is 0.466 e. The molecule has 5 heteroatoms. The Morgan fingerprint density at radius 2 is 2.13 bits per heavy atom. The maximum absolute atomic E-state index is 10.6. The lowest BCUT2D eigenvalue weighted by molar-refractivity contribution is 0.0224. The number of rotatable bonds is 5. The topological polar surface area (TPSA) is 35.5 Å². The fraction of sp³-hybridized carbons (Fsp3) is 0.300. The van der Waals surface area contributed by atoms with E-state index in [0.29, 0.717) is 29.2 Å². The van der Waals surface area contributed by atoms with Crippen LogP contribution in [-0.2, 0) is 4.74 Å². The number of carbonyl (C=O) groups is 1. The van der Waals surface area contributed by atoms with E-state index >= 15 is 0 Å². The minimum atomic E-state index is 0.0782. The van der Waals surface area contributed by atoms with Crippen LogP contribution >= 0.6 is 23.2 Å². The fourth-order valence-electron chi connectivity index (χ4n) is 0.964. The van der Waals surface area contributed by atoms with E-state index in [1.807, 2.05) is 6.92 Å². The molecule has 1 aromatic carbocycles. The molecule has 0 aliphatic rings. The van der Waals surface area contributed by atoms with Crippen molar-refractivity contribution in [2.24, 2.45) is 0 Å². The maximum Gasteiger partial charge on any atom is 0.189 e. The zero-order valence-corrected chi connectivity index (χ0v) is 9.64. The van der Waals surface area contributed by atoms with Crippen LogP contribution in [-0.4, -0.2) is 19.7 Å². The highest BCUT2D eigenvalue weighted by molar-refractivity contribution is 6.36. The van der Waals surface area contributed by atoms with Crippen LogP contribution in [0.25, 0.3) is 0 Å². The second-order valence-corrected chi connectivity index (χ2v) is 3.49. The summed E-state index contributed by atoms with van der Waals surface area (Å²) in [5.74, 6) is 0.347. The molecule has 0 aromatic heterocycles. The molecular formula is C10H10Cl2O3. The summed E-state index contributed by atoms with van der Waals surface area (Å²) in [6.07, 6.45) is 0.627. The molecule has 0 unspecified atom stereocenters. The lowest BCUT2D eigenvalue weighted by Gasteiger charge is -2.09. The molecule has 0 N–H and O–H groups in total. The Labute approximate surface area is 97.9 Å². The van der Waals surface area contributed by atoms with Gasteiger partial charge in [0.15, 0.2) is 13.1 Å². The first-order valence-electron chi connectivity index (χ1n) is 4.33. The molecule has 82 valence electrons. The van der Waals surface area contributed by atoms with Gasteiger partial charge in [0.1, 0.15) is 5.75 Å². The predicted molar refractivity (Wildman–Crippen MR) is 59.0 cm³/mol. The van der Waals surface area contributed by atoms with Crippen molar-refractivity contribution in [2.45, 2.75) is 6.92 Å². The summed E-state index contributed by atoms with van der Waals surface area (Å²) in [4.78, 5) is 10.6. The number of hydrogen-bond donors (Lipinski definition) is 0. The average Bonchev–Trinajstić information content (AvgIpc) is 2.23. The van der Waals surface area contributed by atoms with Crippen LogP contribution < -0.4 is 4.74 Å². The lowest BCUT2D eigenvalue weighted by Crippen LogP contribution is -2.03. The number of ether oxygens (including phenoxy) is 2. The van der Waals surface area contributed by atoms with Crippen LogP contribution in [0.4, 0.5) is 0 Å². The van der Waals surface area contributed by atoms with Crippen LogP contribution in [0.5, 0.6) is 5.75 Å². The summed E-state index contributed by atoms with van der Waals surface area (Å²) < 4.78 is 10.2. The molecule has 0 aliphatic carbocycles. The molecule has 1 aromatic rings. The quantitative estimate of drug-likeness (QED) is 0.456. The second-order valence-electron chi connectivity index (χ2n) is 2.68. The highest BCUT2D eigenvalue weighted by atomic mass is 35.5. The van der Waals surface area contributed by atoms with Gasteiger partial charge in [0.2, 0.25) is 0 Å². The predicted octanol–water partition coefficient (Wildman–Crippen LogP) is 3.18. The Bertz CT molecular complexity index is 353. The Hall–Kier alpha value is -0.770. The van der Waals surface area contributed by atoms with Crippen LogP contribution in [0.15, 0.2) is 12.1 Å². The molecule has 0 saturated carbocycles. The van der Waals surface area contributed by atoms with Crippen molar-refractivity contribution in [3.8, 4) is 5.75 Å². The van der Waals surface area contributed by atoms with Crippen LogP contribution in [0.2, 0.25) is 10.0 Å². The van der Waals surface area contributed by atoms with Gasteiger partial charge in [-0.1, -0.05) is 23.2 Å². The standard InChI is InChI=1S/C10H10Cl2O3/c1-2-14-6-15-9-4-8(11)3-7(5-13)10(9)12/h3-5H,2,6H2,1H3. The van der Waals surface area contributed by atoms with Crippen molar-refractivity contribution in [3.63, 3.8) is 0 Å². The molecule has 0 saturated heterocycles. The molecule has 0 atom stereocenters. The summed E-state index contributed by atoms with van der Waals surface area (Å²) in [5.41, 5.74) is 0.302. The van der Waals surface area contributed by atoms with Crippen molar-refractivity contribution in [2.75, 3.05) is 13.4 Å². The SMILES string of the molecule is CCOCOc1cc(Cl)cc(C=O)c1Cl. The first-order valence-corrected chi connectivity index (χ1v) is 5.09. The molecule has 15 heavy (non-hydrogen) atoms. The molecule has 3 nitrogen and oxygen atoms in total. The molecule has 0 bridgehead atoms. The van der Waals surface area contributed by atoms with Gasteiger partial charge >= 0.3 is 0 Å².